The number of rotatable bonds is 5. The molecule has 2 aliphatic rings. The van der Waals surface area contributed by atoms with Crippen LogP contribution in [0.25, 0.3) is 10.2 Å². The van der Waals surface area contributed by atoms with Crippen molar-refractivity contribution in [1.82, 2.24) is 14.5 Å². The highest BCUT2D eigenvalue weighted by molar-refractivity contribution is 8.02. The molecule has 9 heteroatoms. The lowest BCUT2D eigenvalue weighted by atomic mass is 10.1. The van der Waals surface area contributed by atoms with Crippen LogP contribution in [0.15, 0.2) is 39.6 Å². The Morgan fingerprint density at radius 2 is 1.97 bits per heavy atom. The minimum atomic E-state index is -0.0493. The van der Waals surface area contributed by atoms with Gasteiger partial charge in [0, 0.05) is 6.54 Å². The standard InChI is InChI=1S/C21H22N4O3S2/c1-28-14-6-4-13(5-7-14)15(24-8-2-3-9-24)10-25-12-22-17-18-21(29-11-16(26)23-18)30-19(17)20(25)27/h4-7,12,15H,2-3,8-11H2,1H3,(H,23,26)/t15-/m1/s1. The quantitative estimate of drug-likeness (QED) is 0.653. The second-order valence-electron chi connectivity index (χ2n) is 7.51. The van der Waals surface area contributed by atoms with E-state index in [1.54, 1.807) is 18.0 Å². The molecule has 1 amide bonds. The number of hydrogen-bond acceptors (Lipinski definition) is 7. The third-order valence-corrected chi connectivity index (χ3v) is 8.12. The number of fused-ring (bicyclic) bond motifs is 3. The van der Waals surface area contributed by atoms with Crippen molar-refractivity contribution in [3.8, 4) is 5.75 Å². The van der Waals surface area contributed by atoms with Crippen LogP contribution < -0.4 is 15.6 Å². The molecule has 3 aromatic rings. The van der Waals surface area contributed by atoms with Crippen LogP contribution in [0.1, 0.15) is 24.4 Å². The van der Waals surface area contributed by atoms with Crippen LogP contribution in [0.2, 0.25) is 0 Å². The number of carbonyl (C=O) groups excluding carboxylic acids is 1. The number of methoxy groups -OCH3 is 1. The van der Waals surface area contributed by atoms with E-state index in [2.05, 4.69) is 27.3 Å². The monoisotopic (exact) mass is 442 g/mol. The van der Waals surface area contributed by atoms with Gasteiger partial charge in [-0.05, 0) is 43.6 Å². The van der Waals surface area contributed by atoms with E-state index < -0.39 is 0 Å². The van der Waals surface area contributed by atoms with Crippen molar-refractivity contribution < 1.29 is 9.53 Å². The van der Waals surface area contributed by atoms with Crippen molar-refractivity contribution >= 4 is 44.9 Å². The fraction of sp³-hybridized carbons (Fsp3) is 0.381. The predicted molar refractivity (Wildman–Crippen MR) is 120 cm³/mol. The first-order chi connectivity index (χ1) is 14.6. The maximum atomic E-state index is 13.3. The number of anilines is 1. The zero-order valence-electron chi connectivity index (χ0n) is 16.6. The van der Waals surface area contributed by atoms with Gasteiger partial charge in [-0.25, -0.2) is 4.98 Å². The SMILES string of the molecule is COc1ccc([C@@H](Cn2cnc3c4c(sc3c2=O)SCC(=O)N4)N2CCCC2)cc1. The van der Waals surface area contributed by atoms with E-state index in [4.69, 9.17) is 4.74 Å². The number of nitrogens with one attached hydrogen (secondary N) is 1. The number of hydrogen-bond donors (Lipinski definition) is 1. The summed E-state index contributed by atoms with van der Waals surface area (Å²) in [6.45, 7) is 2.59. The molecule has 2 aromatic heterocycles. The van der Waals surface area contributed by atoms with Crippen LogP contribution in [-0.4, -0.2) is 46.3 Å². The number of likely N-dealkylation sites (tertiary alicyclic amines) is 1. The van der Waals surface area contributed by atoms with Crippen LogP contribution in [0, 0.1) is 0 Å². The molecule has 0 radical (unpaired) electrons. The average molecular weight is 443 g/mol. The molecular formula is C21H22N4O3S2. The summed E-state index contributed by atoms with van der Waals surface area (Å²) in [7, 11) is 1.66. The molecule has 0 aliphatic carbocycles. The summed E-state index contributed by atoms with van der Waals surface area (Å²) >= 11 is 2.89. The molecule has 30 heavy (non-hydrogen) atoms. The second kappa shape index (κ2) is 8.05. The fourth-order valence-corrected chi connectivity index (χ4v) is 6.31. The predicted octanol–water partition coefficient (Wildman–Crippen LogP) is 3.35. The molecular weight excluding hydrogens is 420 g/mol. The molecule has 0 unspecified atom stereocenters. The maximum Gasteiger partial charge on any atom is 0.271 e. The van der Waals surface area contributed by atoms with Gasteiger partial charge in [0.15, 0.2) is 0 Å². The van der Waals surface area contributed by atoms with Crippen LogP contribution >= 0.6 is 23.1 Å². The summed E-state index contributed by atoms with van der Waals surface area (Å²) in [6, 6.07) is 8.19. The van der Waals surface area contributed by atoms with Crippen molar-refractivity contribution in [3.63, 3.8) is 0 Å². The normalized spacial score (nSPS) is 17.7. The molecule has 0 spiro atoms. The van der Waals surface area contributed by atoms with Gasteiger partial charge in [0.05, 0.1) is 35.1 Å². The van der Waals surface area contributed by atoms with Gasteiger partial charge < -0.3 is 10.1 Å². The Bertz CT molecular complexity index is 1150. The molecule has 2 aliphatic heterocycles. The first-order valence-corrected chi connectivity index (χ1v) is 11.8. The second-order valence-corrected chi connectivity index (χ2v) is 9.78. The molecule has 1 N–H and O–H groups in total. The van der Waals surface area contributed by atoms with Gasteiger partial charge in [0.2, 0.25) is 5.91 Å². The molecule has 7 nitrogen and oxygen atoms in total. The van der Waals surface area contributed by atoms with Crippen molar-refractivity contribution in [2.24, 2.45) is 0 Å². The number of thioether (sulfide) groups is 1. The van der Waals surface area contributed by atoms with Gasteiger partial charge in [-0.1, -0.05) is 12.1 Å². The topological polar surface area (TPSA) is 76.5 Å². The lowest BCUT2D eigenvalue weighted by Gasteiger charge is -2.28. The number of aromatic nitrogens is 2. The summed E-state index contributed by atoms with van der Waals surface area (Å²) in [5.74, 6) is 1.15. The smallest absolute Gasteiger partial charge is 0.271 e. The van der Waals surface area contributed by atoms with Crippen LogP contribution in [0.5, 0.6) is 5.75 Å². The van der Waals surface area contributed by atoms with Crippen molar-refractivity contribution in [3.05, 3.63) is 46.5 Å². The minimum absolute atomic E-state index is 0.0491. The van der Waals surface area contributed by atoms with E-state index in [0.29, 0.717) is 28.2 Å². The molecule has 1 atom stereocenters. The zero-order chi connectivity index (χ0) is 20.7. The highest BCUT2D eigenvalue weighted by Gasteiger charge is 2.27. The summed E-state index contributed by atoms with van der Waals surface area (Å²) in [5, 5.41) is 2.87. The molecule has 4 heterocycles. The fourth-order valence-electron chi connectivity index (χ4n) is 4.13. The van der Waals surface area contributed by atoms with Gasteiger partial charge in [-0.3, -0.25) is 19.1 Å². The Kier molecular flexibility index (Phi) is 5.26. The highest BCUT2D eigenvalue weighted by Crippen LogP contribution is 2.42. The Labute approximate surface area is 182 Å². The number of carbonyl (C=O) groups is 1. The first-order valence-electron chi connectivity index (χ1n) is 9.96. The van der Waals surface area contributed by atoms with Gasteiger partial charge >= 0.3 is 0 Å². The minimum Gasteiger partial charge on any atom is -0.497 e. The molecule has 0 saturated carbocycles. The van der Waals surface area contributed by atoms with Crippen LogP contribution in [0.4, 0.5) is 5.69 Å². The highest BCUT2D eigenvalue weighted by atomic mass is 32.2. The van der Waals surface area contributed by atoms with Gasteiger partial charge in [-0.15, -0.1) is 23.1 Å². The zero-order valence-corrected chi connectivity index (χ0v) is 18.2. The third-order valence-electron chi connectivity index (χ3n) is 5.68. The number of amides is 1. The van der Waals surface area contributed by atoms with E-state index in [1.807, 2.05) is 12.1 Å². The van der Waals surface area contributed by atoms with Crippen molar-refractivity contribution in [1.29, 1.82) is 0 Å². The van der Waals surface area contributed by atoms with E-state index in [0.717, 1.165) is 28.6 Å². The first kappa shape index (κ1) is 19.6. The average Bonchev–Trinajstić information content (AvgIpc) is 3.42. The summed E-state index contributed by atoms with van der Waals surface area (Å²) < 4.78 is 8.57. The summed E-state index contributed by atoms with van der Waals surface area (Å²) in [6.07, 6.45) is 3.97. The van der Waals surface area contributed by atoms with Gasteiger partial charge in [0.1, 0.15) is 16.0 Å². The third kappa shape index (κ3) is 3.51. The molecule has 156 valence electrons. The molecule has 5 rings (SSSR count). The van der Waals surface area contributed by atoms with Crippen molar-refractivity contribution in [2.45, 2.75) is 29.6 Å². The van der Waals surface area contributed by atoms with Gasteiger partial charge in [0.25, 0.3) is 5.56 Å². The largest absolute Gasteiger partial charge is 0.497 e. The molecule has 1 aromatic carbocycles. The Hall–Kier alpha value is -2.36. The van der Waals surface area contributed by atoms with Crippen molar-refractivity contribution in [2.75, 3.05) is 31.3 Å². The van der Waals surface area contributed by atoms with Crippen LogP contribution in [-0.2, 0) is 11.3 Å². The number of ether oxygens (including phenoxy) is 1. The van der Waals surface area contributed by atoms with E-state index in [9.17, 15) is 9.59 Å². The number of nitrogens with zero attached hydrogens (tertiary/aromatic N) is 3. The Morgan fingerprint density at radius 1 is 1.20 bits per heavy atom. The molecule has 0 bridgehead atoms. The summed E-state index contributed by atoms with van der Waals surface area (Å²) in [4.78, 5) is 32.0. The Morgan fingerprint density at radius 3 is 2.70 bits per heavy atom. The lowest BCUT2D eigenvalue weighted by Crippen LogP contribution is -2.32. The lowest BCUT2D eigenvalue weighted by molar-refractivity contribution is -0.113. The number of benzene rings is 1. The number of thiophene rings is 1. The summed E-state index contributed by atoms with van der Waals surface area (Å²) in [5.41, 5.74) is 2.40. The van der Waals surface area contributed by atoms with Crippen LogP contribution in [0.3, 0.4) is 0 Å². The van der Waals surface area contributed by atoms with E-state index in [1.165, 1.54) is 35.9 Å². The Balaban J connectivity index is 1.51. The molecule has 1 fully saturated rings. The van der Waals surface area contributed by atoms with E-state index >= 15 is 0 Å². The maximum absolute atomic E-state index is 13.3. The van der Waals surface area contributed by atoms with Gasteiger partial charge in [-0.2, -0.15) is 0 Å². The van der Waals surface area contributed by atoms with E-state index in [-0.39, 0.29) is 17.5 Å². The molecule has 1 saturated heterocycles.